The smallest absolute Gasteiger partial charge is 0.410 e. The molecule has 1 heterocycles. The van der Waals surface area contributed by atoms with E-state index in [1.165, 1.54) is 0 Å². The lowest BCUT2D eigenvalue weighted by atomic mass is 10.2. The van der Waals surface area contributed by atoms with Crippen LogP contribution in [0.1, 0.15) is 41.0 Å². The lowest BCUT2D eigenvalue weighted by molar-refractivity contribution is -0.0321. The van der Waals surface area contributed by atoms with Crippen molar-refractivity contribution >= 4 is 6.09 Å². The van der Waals surface area contributed by atoms with Crippen molar-refractivity contribution in [2.45, 2.75) is 58.7 Å². The van der Waals surface area contributed by atoms with Gasteiger partial charge in [-0.25, -0.2) is 4.79 Å². The molecule has 5 nitrogen and oxygen atoms in total. The molecule has 0 saturated carbocycles. The second-order valence-electron chi connectivity index (χ2n) is 6.12. The van der Waals surface area contributed by atoms with Crippen molar-refractivity contribution < 1.29 is 14.3 Å². The van der Waals surface area contributed by atoms with E-state index in [-0.39, 0.29) is 12.1 Å². The van der Waals surface area contributed by atoms with Crippen LogP contribution in [0.5, 0.6) is 0 Å². The summed E-state index contributed by atoms with van der Waals surface area (Å²) in [6.45, 7) is 12.4. The lowest BCUT2D eigenvalue weighted by Crippen LogP contribution is -2.54. The molecule has 1 aliphatic rings. The van der Waals surface area contributed by atoms with E-state index in [2.05, 4.69) is 19.2 Å². The van der Waals surface area contributed by atoms with E-state index in [9.17, 15) is 4.79 Å². The molecule has 1 amide bonds. The molecule has 1 aliphatic heterocycles. The molecule has 0 bridgehead atoms. The molecule has 1 fully saturated rings. The first kappa shape index (κ1) is 16.2. The van der Waals surface area contributed by atoms with Gasteiger partial charge >= 0.3 is 6.09 Å². The van der Waals surface area contributed by atoms with Gasteiger partial charge in [0.2, 0.25) is 0 Å². The van der Waals surface area contributed by atoms with Gasteiger partial charge in [0, 0.05) is 19.1 Å². The van der Waals surface area contributed by atoms with E-state index in [4.69, 9.17) is 9.47 Å². The standard InChI is InChI=1S/C14H28N2O3/c1-6-11(2)15-9-12-10-18-8-7-16(12)13(17)19-14(3,4)5/h11-12,15H,6-10H2,1-5H3. The number of hydrogen-bond donors (Lipinski definition) is 1. The van der Waals surface area contributed by atoms with Gasteiger partial charge in [0.25, 0.3) is 0 Å². The topological polar surface area (TPSA) is 50.8 Å². The van der Waals surface area contributed by atoms with Crippen molar-refractivity contribution in [3.8, 4) is 0 Å². The van der Waals surface area contributed by atoms with Crippen LogP contribution in [0.4, 0.5) is 4.79 Å². The van der Waals surface area contributed by atoms with Gasteiger partial charge in [0.1, 0.15) is 5.60 Å². The highest BCUT2D eigenvalue weighted by molar-refractivity contribution is 5.68. The minimum absolute atomic E-state index is 0.0533. The third kappa shape index (κ3) is 5.78. The molecular formula is C14H28N2O3. The Morgan fingerprint density at radius 2 is 2.21 bits per heavy atom. The van der Waals surface area contributed by atoms with Gasteiger partial charge in [0.15, 0.2) is 0 Å². The number of morpholine rings is 1. The second kappa shape index (κ2) is 7.10. The van der Waals surface area contributed by atoms with Gasteiger partial charge in [0.05, 0.1) is 19.3 Å². The quantitative estimate of drug-likeness (QED) is 0.850. The van der Waals surface area contributed by atoms with Crippen molar-refractivity contribution in [1.82, 2.24) is 10.2 Å². The first-order valence-corrected chi connectivity index (χ1v) is 7.14. The van der Waals surface area contributed by atoms with Crippen LogP contribution < -0.4 is 5.32 Å². The minimum Gasteiger partial charge on any atom is -0.444 e. The van der Waals surface area contributed by atoms with E-state index in [0.29, 0.717) is 25.8 Å². The molecule has 1 saturated heterocycles. The predicted octanol–water partition coefficient (Wildman–Crippen LogP) is 2.01. The fourth-order valence-electron chi connectivity index (χ4n) is 1.87. The molecule has 0 aliphatic carbocycles. The molecule has 112 valence electrons. The van der Waals surface area contributed by atoms with Crippen LogP contribution in [0.15, 0.2) is 0 Å². The van der Waals surface area contributed by atoms with E-state index >= 15 is 0 Å². The van der Waals surface area contributed by atoms with Crippen molar-refractivity contribution in [1.29, 1.82) is 0 Å². The van der Waals surface area contributed by atoms with Crippen LogP contribution in [0.25, 0.3) is 0 Å². The summed E-state index contributed by atoms with van der Waals surface area (Å²) in [6.07, 6.45) is 0.826. The fourth-order valence-corrected chi connectivity index (χ4v) is 1.87. The summed E-state index contributed by atoms with van der Waals surface area (Å²) in [5.41, 5.74) is -0.454. The molecule has 0 aromatic carbocycles. The van der Waals surface area contributed by atoms with Gasteiger partial charge in [-0.15, -0.1) is 0 Å². The maximum atomic E-state index is 12.2. The van der Waals surface area contributed by atoms with E-state index in [0.717, 1.165) is 13.0 Å². The van der Waals surface area contributed by atoms with E-state index in [1.54, 1.807) is 4.90 Å². The molecule has 0 aromatic rings. The number of hydrogen-bond acceptors (Lipinski definition) is 4. The van der Waals surface area contributed by atoms with E-state index in [1.807, 2.05) is 20.8 Å². The van der Waals surface area contributed by atoms with Crippen LogP contribution in [-0.2, 0) is 9.47 Å². The first-order chi connectivity index (χ1) is 8.83. The Kier molecular flexibility index (Phi) is 6.07. The molecule has 0 radical (unpaired) electrons. The summed E-state index contributed by atoms with van der Waals surface area (Å²) in [4.78, 5) is 13.9. The Labute approximate surface area is 116 Å². The highest BCUT2D eigenvalue weighted by Gasteiger charge is 2.30. The van der Waals surface area contributed by atoms with Crippen molar-refractivity contribution in [3.63, 3.8) is 0 Å². The van der Waals surface area contributed by atoms with Crippen LogP contribution >= 0.6 is 0 Å². The monoisotopic (exact) mass is 272 g/mol. The normalized spacial score (nSPS) is 22.2. The number of ether oxygens (including phenoxy) is 2. The third-order valence-electron chi connectivity index (χ3n) is 3.17. The van der Waals surface area contributed by atoms with Gasteiger partial charge in [-0.2, -0.15) is 0 Å². The average molecular weight is 272 g/mol. The summed E-state index contributed by atoms with van der Waals surface area (Å²) in [5, 5.41) is 3.42. The highest BCUT2D eigenvalue weighted by atomic mass is 16.6. The molecular weight excluding hydrogens is 244 g/mol. The molecule has 0 spiro atoms. The Morgan fingerprint density at radius 1 is 1.53 bits per heavy atom. The Morgan fingerprint density at radius 3 is 2.79 bits per heavy atom. The molecule has 0 aromatic heterocycles. The Balaban J connectivity index is 2.54. The summed E-state index contributed by atoms with van der Waals surface area (Å²) >= 11 is 0. The first-order valence-electron chi connectivity index (χ1n) is 7.14. The van der Waals surface area contributed by atoms with Crippen molar-refractivity contribution in [2.24, 2.45) is 0 Å². The average Bonchev–Trinajstić information content (AvgIpc) is 2.34. The number of nitrogens with zero attached hydrogens (tertiary/aromatic N) is 1. The molecule has 5 heteroatoms. The highest BCUT2D eigenvalue weighted by Crippen LogP contribution is 2.14. The van der Waals surface area contributed by atoms with Crippen LogP contribution in [0.3, 0.4) is 0 Å². The minimum atomic E-state index is -0.454. The summed E-state index contributed by atoms with van der Waals surface area (Å²) < 4.78 is 10.9. The lowest BCUT2D eigenvalue weighted by Gasteiger charge is -2.37. The van der Waals surface area contributed by atoms with Crippen LogP contribution in [-0.4, -0.2) is 55.0 Å². The van der Waals surface area contributed by atoms with Crippen LogP contribution in [0, 0.1) is 0 Å². The maximum absolute atomic E-state index is 12.2. The third-order valence-corrected chi connectivity index (χ3v) is 3.17. The van der Waals surface area contributed by atoms with Gasteiger partial charge in [-0.05, 0) is 34.1 Å². The van der Waals surface area contributed by atoms with E-state index < -0.39 is 5.60 Å². The summed E-state index contributed by atoms with van der Waals surface area (Å²) in [6, 6.07) is 0.500. The number of nitrogens with one attached hydrogen (secondary N) is 1. The number of carbonyl (C=O) groups excluding carboxylic acids is 1. The molecule has 19 heavy (non-hydrogen) atoms. The molecule has 2 atom stereocenters. The largest absolute Gasteiger partial charge is 0.444 e. The predicted molar refractivity (Wildman–Crippen MR) is 75.3 cm³/mol. The summed E-state index contributed by atoms with van der Waals surface area (Å²) in [5.74, 6) is 0. The van der Waals surface area contributed by atoms with Crippen molar-refractivity contribution in [2.75, 3.05) is 26.3 Å². The molecule has 2 unspecified atom stereocenters. The Hall–Kier alpha value is -0.810. The number of amides is 1. The van der Waals surface area contributed by atoms with Crippen LogP contribution in [0.2, 0.25) is 0 Å². The summed E-state index contributed by atoms with van der Waals surface area (Å²) in [7, 11) is 0. The maximum Gasteiger partial charge on any atom is 0.410 e. The Bertz CT molecular complexity index is 289. The number of carbonyl (C=O) groups is 1. The van der Waals surface area contributed by atoms with Crippen molar-refractivity contribution in [3.05, 3.63) is 0 Å². The van der Waals surface area contributed by atoms with Gasteiger partial charge < -0.3 is 14.8 Å². The zero-order chi connectivity index (χ0) is 14.5. The van der Waals surface area contributed by atoms with Gasteiger partial charge in [-0.3, -0.25) is 4.90 Å². The van der Waals surface area contributed by atoms with Gasteiger partial charge in [-0.1, -0.05) is 6.92 Å². The fraction of sp³-hybridized carbons (Fsp3) is 0.929. The zero-order valence-corrected chi connectivity index (χ0v) is 12.9. The SMILES string of the molecule is CCC(C)NCC1COCCN1C(=O)OC(C)(C)C. The number of rotatable bonds is 4. The molecule has 1 rings (SSSR count). The molecule has 1 N–H and O–H groups in total. The second-order valence-corrected chi connectivity index (χ2v) is 6.12. The zero-order valence-electron chi connectivity index (χ0n) is 12.9.